The van der Waals surface area contributed by atoms with Gasteiger partial charge in [0.25, 0.3) is 0 Å². The average Bonchev–Trinajstić information content (AvgIpc) is 3.13. The number of benzene rings is 2. The Bertz CT molecular complexity index is 1020. The van der Waals surface area contributed by atoms with Crippen LogP contribution in [0.4, 0.5) is 17.6 Å². The second-order valence-electron chi connectivity index (χ2n) is 6.31. The maximum Gasteiger partial charge on any atom is 0.408 e. The SMILES string of the molecule is C=CC(=O)NCc1ccc(-c2ccc(F)cc2)cc1-c1ccn(CC(F)(F)F)n1. The second-order valence-corrected chi connectivity index (χ2v) is 6.31. The number of hydrogen-bond acceptors (Lipinski definition) is 2. The molecule has 2 aromatic carbocycles. The summed E-state index contributed by atoms with van der Waals surface area (Å²) < 4.78 is 52.0. The van der Waals surface area contributed by atoms with E-state index in [1.807, 2.05) is 0 Å². The highest BCUT2D eigenvalue weighted by atomic mass is 19.4. The van der Waals surface area contributed by atoms with Gasteiger partial charge in [-0.2, -0.15) is 18.3 Å². The van der Waals surface area contributed by atoms with E-state index in [9.17, 15) is 22.4 Å². The summed E-state index contributed by atoms with van der Waals surface area (Å²) in [4.78, 5) is 11.5. The first-order valence-corrected chi connectivity index (χ1v) is 8.65. The highest BCUT2D eigenvalue weighted by molar-refractivity contribution is 5.87. The van der Waals surface area contributed by atoms with Crippen LogP contribution in [0.5, 0.6) is 0 Å². The van der Waals surface area contributed by atoms with Gasteiger partial charge in [-0.3, -0.25) is 9.48 Å². The molecule has 0 aliphatic carbocycles. The zero-order chi connectivity index (χ0) is 21.0. The van der Waals surface area contributed by atoms with Crippen LogP contribution in [-0.2, 0) is 17.9 Å². The van der Waals surface area contributed by atoms with Crippen LogP contribution in [0.1, 0.15) is 5.56 Å². The van der Waals surface area contributed by atoms with E-state index in [0.717, 1.165) is 21.9 Å². The Hall–Kier alpha value is -3.42. The van der Waals surface area contributed by atoms with Crippen LogP contribution in [0.3, 0.4) is 0 Å². The minimum absolute atomic E-state index is 0.149. The van der Waals surface area contributed by atoms with Crippen molar-refractivity contribution in [2.45, 2.75) is 19.3 Å². The predicted octanol–water partition coefficient (Wildman–Crippen LogP) is 4.72. The lowest BCUT2D eigenvalue weighted by atomic mass is 9.97. The van der Waals surface area contributed by atoms with Gasteiger partial charge in [0.2, 0.25) is 5.91 Å². The van der Waals surface area contributed by atoms with Gasteiger partial charge in [0.1, 0.15) is 12.4 Å². The van der Waals surface area contributed by atoms with Gasteiger partial charge >= 0.3 is 6.18 Å². The molecule has 1 heterocycles. The predicted molar refractivity (Wildman–Crippen MR) is 101 cm³/mol. The molecule has 0 radical (unpaired) electrons. The van der Waals surface area contributed by atoms with E-state index in [2.05, 4.69) is 17.0 Å². The lowest BCUT2D eigenvalue weighted by Gasteiger charge is -2.12. The molecule has 1 amide bonds. The molecule has 0 aliphatic heterocycles. The summed E-state index contributed by atoms with van der Waals surface area (Å²) in [5.74, 6) is -0.746. The number of hydrogen-bond donors (Lipinski definition) is 1. The minimum Gasteiger partial charge on any atom is -0.348 e. The zero-order valence-corrected chi connectivity index (χ0v) is 15.2. The molecule has 3 aromatic rings. The first-order valence-electron chi connectivity index (χ1n) is 8.65. The van der Waals surface area contributed by atoms with E-state index >= 15 is 0 Å². The maximum atomic E-state index is 13.2. The quantitative estimate of drug-likeness (QED) is 0.478. The molecule has 0 atom stereocenters. The maximum absolute atomic E-state index is 13.2. The van der Waals surface area contributed by atoms with Crippen molar-refractivity contribution in [3.05, 3.63) is 78.8 Å². The van der Waals surface area contributed by atoms with Crippen molar-refractivity contribution in [2.24, 2.45) is 0 Å². The number of halogens is 4. The van der Waals surface area contributed by atoms with E-state index in [1.165, 1.54) is 24.4 Å². The van der Waals surface area contributed by atoms with Gasteiger partial charge in [0, 0.05) is 18.3 Å². The van der Waals surface area contributed by atoms with Gasteiger partial charge in [-0.15, -0.1) is 0 Å². The number of rotatable bonds is 6. The summed E-state index contributed by atoms with van der Waals surface area (Å²) in [5, 5.41) is 6.68. The Morgan fingerprint density at radius 3 is 2.45 bits per heavy atom. The third kappa shape index (κ3) is 5.31. The van der Waals surface area contributed by atoms with Crippen LogP contribution in [0.2, 0.25) is 0 Å². The van der Waals surface area contributed by atoms with Crippen molar-refractivity contribution < 1.29 is 22.4 Å². The molecule has 1 aromatic heterocycles. The third-order valence-electron chi connectivity index (χ3n) is 4.18. The highest BCUT2D eigenvalue weighted by Crippen LogP contribution is 2.29. The minimum atomic E-state index is -4.39. The summed E-state index contributed by atoms with van der Waals surface area (Å²) in [6.07, 6.45) is -2.01. The van der Waals surface area contributed by atoms with Gasteiger partial charge in [-0.25, -0.2) is 4.39 Å². The molecule has 8 heteroatoms. The monoisotopic (exact) mass is 403 g/mol. The van der Waals surface area contributed by atoms with Crippen molar-refractivity contribution in [3.63, 3.8) is 0 Å². The fourth-order valence-electron chi connectivity index (χ4n) is 2.82. The molecule has 29 heavy (non-hydrogen) atoms. The largest absolute Gasteiger partial charge is 0.408 e. The Morgan fingerprint density at radius 1 is 1.10 bits per heavy atom. The van der Waals surface area contributed by atoms with E-state index in [-0.39, 0.29) is 18.3 Å². The van der Waals surface area contributed by atoms with Crippen LogP contribution < -0.4 is 5.32 Å². The Balaban J connectivity index is 2.00. The molecule has 150 valence electrons. The molecular weight excluding hydrogens is 386 g/mol. The molecule has 0 aliphatic rings. The van der Waals surface area contributed by atoms with Gasteiger partial charge in [-0.05, 0) is 47.0 Å². The molecule has 0 fully saturated rings. The lowest BCUT2D eigenvalue weighted by Crippen LogP contribution is -2.20. The summed E-state index contributed by atoms with van der Waals surface area (Å²) >= 11 is 0. The van der Waals surface area contributed by atoms with Crippen LogP contribution in [0.15, 0.2) is 67.4 Å². The Kier molecular flexibility index (Phi) is 5.81. The van der Waals surface area contributed by atoms with Crippen LogP contribution in [0.25, 0.3) is 22.4 Å². The standard InChI is InChI=1S/C21H17F4N3O/c1-2-20(29)26-12-16-4-3-15(14-5-7-17(22)8-6-14)11-18(16)19-9-10-28(27-19)13-21(23,24)25/h2-11H,1,12-13H2,(H,26,29). The van der Waals surface area contributed by atoms with Crippen LogP contribution in [0, 0.1) is 5.82 Å². The van der Waals surface area contributed by atoms with Crippen LogP contribution >= 0.6 is 0 Å². The second kappa shape index (κ2) is 8.30. The van der Waals surface area contributed by atoms with Crippen molar-refractivity contribution in [3.8, 4) is 22.4 Å². The van der Waals surface area contributed by atoms with Crippen LogP contribution in [-0.4, -0.2) is 21.9 Å². The number of alkyl halides is 3. The van der Waals surface area contributed by atoms with Gasteiger partial charge < -0.3 is 5.32 Å². The Morgan fingerprint density at radius 2 is 1.79 bits per heavy atom. The number of nitrogens with one attached hydrogen (secondary N) is 1. The van der Waals surface area contributed by atoms with Crippen molar-refractivity contribution in [2.75, 3.05) is 0 Å². The van der Waals surface area contributed by atoms with E-state index in [4.69, 9.17) is 0 Å². The fraction of sp³-hybridized carbons (Fsp3) is 0.143. The van der Waals surface area contributed by atoms with Crippen molar-refractivity contribution in [1.29, 1.82) is 0 Å². The molecule has 0 saturated carbocycles. The fourth-order valence-corrected chi connectivity index (χ4v) is 2.82. The smallest absolute Gasteiger partial charge is 0.348 e. The van der Waals surface area contributed by atoms with Crippen molar-refractivity contribution in [1.82, 2.24) is 15.1 Å². The zero-order valence-electron chi connectivity index (χ0n) is 15.2. The topological polar surface area (TPSA) is 46.9 Å². The molecule has 0 unspecified atom stereocenters. The number of carbonyl (C=O) groups is 1. The summed E-state index contributed by atoms with van der Waals surface area (Å²) in [7, 11) is 0. The average molecular weight is 403 g/mol. The molecular formula is C21H17F4N3O. The number of nitrogens with zero attached hydrogens (tertiary/aromatic N) is 2. The molecule has 3 rings (SSSR count). The Labute approximate surface area is 164 Å². The molecule has 0 saturated heterocycles. The molecule has 1 N–H and O–H groups in total. The van der Waals surface area contributed by atoms with E-state index < -0.39 is 12.7 Å². The molecule has 4 nitrogen and oxygen atoms in total. The van der Waals surface area contributed by atoms with E-state index in [0.29, 0.717) is 16.8 Å². The van der Waals surface area contributed by atoms with Crippen molar-refractivity contribution >= 4 is 5.91 Å². The lowest BCUT2D eigenvalue weighted by molar-refractivity contribution is -0.142. The first kappa shape index (κ1) is 20.3. The molecule has 0 spiro atoms. The summed E-state index contributed by atoms with van der Waals surface area (Å²) in [6.45, 7) is 2.33. The number of amides is 1. The first-order chi connectivity index (χ1) is 13.7. The number of carbonyl (C=O) groups excluding carboxylic acids is 1. The summed E-state index contributed by atoms with van der Waals surface area (Å²) in [5.41, 5.74) is 3.05. The van der Waals surface area contributed by atoms with Gasteiger partial charge in [0.05, 0.1) is 5.69 Å². The highest BCUT2D eigenvalue weighted by Gasteiger charge is 2.28. The normalized spacial score (nSPS) is 11.3. The third-order valence-corrected chi connectivity index (χ3v) is 4.18. The number of aromatic nitrogens is 2. The van der Waals surface area contributed by atoms with E-state index in [1.54, 1.807) is 30.3 Å². The van der Waals surface area contributed by atoms with Gasteiger partial charge in [-0.1, -0.05) is 30.8 Å². The van der Waals surface area contributed by atoms with Gasteiger partial charge in [0.15, 0.2) is 0 Å². The summed E-state index contributed by atoms with van der Waals surface area (Å²) in [6, 6.07) is 12.6. The molecule has 0 bridgehead atoms.